The van der Waals surface area contributed by atoms with Gasteiger partial charge in [-0.25, -0.2) is 9.97 Å². The molecule has 1 N–H and O–H groups in total. The molecule has 0 aliphatic carbocycles. The number of aromatic nitrogens is 3. The predicted molar refractivity (Wildman–Crippen MR) is 120 cm³/mol. The molecule has 0 bridgehead atoms. The molecule has 0 radical (unpaired) electrons. The van der Waals surface area contributed by atoms with Gasteiger partial charge in [-0.15, -0.1) is 11.3 Å². The van der Waals surface area contributed by atoms with Crippen LogP contribution in [-0.4, -0.2) is 62.2 Å². The van der Waals surface area contributed by atoms with Crippen LogP contribution in [0.15, 0.2) is 58.8 Å². The molecule has 10 heteroatoms. The first-order valence-electron chi connectivity index (χ1n) is 10.4. The summed E-state index contributed by atoms with van der Waals surface area (Å²) in [5, 5.41) is 4.94. The molecule has 0 saturated carbocycles. The summed E-state index contributed by atoms with van der Waals surface area (Å²) in [5.41, 5.74) is 2.63. The minimum absolute atomic E-state index is 0.0478. The fraction of sp³-hybridized carbons (Fsp3) is 0.273. The number of carbonyl (C=O) groups is 2. The van der Waals surface area contributed by atoms with Crippen LogP contribution in [0.5, 0.6) is 0 Å². The van der Waals surface area contributed by atoms with E-state index in [2.05, 4.69) is 26.4 Å². The Morgan fingerprint density at radius 2 is 1.94 bits per heavy atom. The first kappa shape index (κ1) is 20.4. The predicted octanol–water partition coefficient (Wildman–Crippen LogP) is 2.52. The molecule has 4 aromatic heterocycles. The van der Waals surface area contributed by atoms with Crippen molar-refractivity contribution in [3.63, 3.8) is 0 Å². The molecule has 1 saturated heterocycles. The number of carbonyl (C=O) groups excluding carboxylic acids is 2. The Morgan fingerprint density at radius 1 is 1.06 bits per heavy atom. The second kappa shape index (κ2) is 8.93. The van der Waals surface area contributed by atoms with Gasteiger partial charge in [0.15, 0.2) is 10.9 Å². The van der Waals surface area contributed by atoms with Crippen LogP contribution in [0, 0.1) is 0 Å². The number of imidazole rings is 1. The molecule has 164 valence electrons. The molecule has 4 aromatic rings. The Balaban J connectivity index is 1.11. The van der Waals surface area contributed by atoms with Crippen molar-refractivity contribution in [3.05, 3.63) is 71.5 Å². The van der Waals surface area contributed by atoms with Gasteiger partial charge in [0.05, 0.1) is 24.1 Å². The molecule has 5 heterocycles. The highest BCUT2D eigenvalue weighted by Gasteiger charge is 2.23. The summed E-state index contributed by atoms with van der Waals surface area (Å²) in [6, 6.07) is 9.20. The van der Waals surface area contributed by atoms with E-state index >= 15 is 0 Å². The molecule has 2 amide bonds. The van der Waals surface area contributed by atoms with Crippen LogP contribution in [0.4, 0.5) is 5.13 Å². The fourth-order valence-electron chi connectivity index (χ4n) is 3.73. The van der Waals surface area contributed by atoms with Crippen molar-refractivity contribution in [2.45, 2.75) is 13.0 Å². The summed E-state index contributed by atoms with van der Waals surface area (Å²) in [5.74, 6) is -0.0881. The van der Waals surface area contributed by atoms with E-state index in [0.717, 1.165) is 31.0 Å². The van der Waals surface area contributed by atoms with Gasteiger partial charge in [-0.1, -0.05) is 6.07 Å². The number of hydrogen-bond acceptors (Lipinski definition) is 7. The highest BCUT2D eigenvalue weighted by Crippen LogP contribution is 2.18. The third-order valence-corrected chi connectivity index (χ3v) is 6.18. The second-order valence-electron chi connectivity index (χ2n) is 7.61. The van der Waals surface area contributed by atoms with E-state index in [1.165, 1.54) is 17.6 Å². The Bertz CT molecular complexity index is 1190. The molecule has 5 rings (SSSR count). The zero-order chi connectivity index (χ0) is 21.9. The molecule has 1 aliphatic heterocycles. The molecule has 0 unspecified atom stereocenters. The molecular weight excluding hydrogens is 428 g/mol. The normalized spacial score (nSPS) is 14.7. The maximum absolute atomic E-state index is 12.7. The molecule has 1 aliphatic rings. The Kier molecular flexibility index (Phi) is 5.70. The second-order valence-corrected chi connectivity index (χ2v) is 8.47. The topological polar surface area (TPSA) is 96.0 Å². The van der Waals surface area contributed by atoms with Crippen molar-refractivity contribution in [2.75, 3.05) is 31.5 Å². The molecule has 1 fully saturated rings. The molecular formula is C22H22N6O3S. The van der Waals surface area contributed by atoms with Crippen LogP contribution in [-0.2, 0) is 17.8 Å². The average Bonchev–Trinajstić information content (AvgIpc) is 3.55. The van der Waals surface area contributed by atoms with Crippen LogP contribution in [0.3, 0.4) is 0 Å². The summed E-state index contributed by atoms with van der Waals surface area (Å²) in [4.78, 5) is 38.0. The summed E-state index contributed by atoms with van der Waals surface area (Å²) in [6.07, 6.45) is 5.71. The van der Waals surface area contributed by atoms with Gasteiger partial charge in [0.1, 0.15) is 5.65 Å². The number of furan rings is 1. The van der Waals surface area contributed by atoms with E-state index in [0.29, 0.717) is 23.9 Å². The lowest BCUT2D eigenvalue weighted by Crippen LogP contribution is -2.48. The van der Waals surface area contributed by atoms with Gasteiger partial charge in [-0.2, -0.15) is 0 Å². The zero-order valence-corrected chi connectivity index (χ0v) is 18.1. The number of piperazine rings is 1. The van der Waals surface area contributed by atoms with Crippen molar-refractivity contribution in [2.24, 2.45) is 0 Å². The van der Waals surface area contributed by atoms with Crippen molar-refractivity contribution in [1.29, 1.82) is 0 Å². The fourth-order valence-corrected chi connectivity index (χ4v) is 4.43. The van der Waals surface area contributed by atoms with E-state index in [-0.39, 0.29) is 24.0 Å². The van der Waals surface area contributed by atoms with E-state index in [1.807, 2.05) is 33.7 Å². The standard InChI is InChI=1S/C22H22N6O3S/c29-20(12-16-15-32-22(24-16)25-21(30)18-4-3-11-31-18)27-9-7-26(8-10-27)13-17-14-28-6-2-1-5-19(28)23-17/h1-6,11,14-15H,7-10,12-13H2,(H,24,25,30). The summed E-state index contributed by atoms with van der Waals surface area (Å²) in [6.45, 7) is 3.74. The van der Waals surface area contributed by atoms with Gasteiger partial charge in [0.25, 0.3) is 5.91 Å². The first-order chi connectivity index (χ1) is 15.6. The van der Waals surface area contributed by atoms with Gasteiger partial charge in [-0.3, -0.25) is 19.8 Å². The number of nitrogens with one attached hydrogen (secondary N) is 1. The number of hydrogen-bond donors (Lipinski definition) is 1. The maximum Gasteiger partial charge on any atom is 0.293 e. The molecule has 9 nitrogen and oxygen atoms in total. The third-order valence-electron chi connectivity index (χ3n) is 5.37. The molecule has 32 heavy (non-hydrogen) atoms. The minimum Gasteiger partial charge on any atom is -0.459 e. The lowest BCUT2D eigenvalue weighted by molar-refractivity contribution is -0.132. The Morgan fingerprint density at radius 3 is 2.72 bits per heavy atom. The highest BCUT2D eigenvalue weighted by atomic mass is 32.1. The van der Waals surface area contributed by atoms with Gasteiger partial charge in [0, 0.05) is 50.5 Å². The molecule has 0 spiro atoms. The smallest absolute Gasteiger partial charge is 0.293 e. The van der Waals surface area contributed by atoms with Crippen molar-refractivity contribution >= 4 is 33.9 Å². The zero-order valence-electron chi connectivity index (χ0n) is 17.3. The average molecular weight is 451 g/mol. The number of thiazole rings is 1. The molecule has 0 atom stereocenters. The van der Waals surface area contributed by atoms with Gasteiger partial charge in [0.2, 0.25) is 5.91 Å². The number of amides is 2. The van der Waals surface area contributed by atoms with E-state index in [9.17, 15) is 9.59 Å². The third kappa shape index (κ3) is 4.56. The summed E-state index contributed by atoms with van der Waals surface area (Å²) in [7, 11) is 0. The molecule has 0 aromatic carbocycles. The van der Waals surface area contributed by atoms with E-state index in [1.54, 1.807) is 17.5 Å². The monoisotopic (exact) mass is 450 g/mol. The van der Waals surface area contributed by atoms with Gasteiger partial charge in [-0.05, 0) is 24.3 Å². The van der Waals surface area contributed by atoms with Crippen LogP contribution < -0.4 is 5.32 Å². The van der Waals surface area contributed by atoms with Crippen LogP contribution in [0.2, 0.25) is 0 Å². The lowest BCUT2D eigenvalue weighted by Gasteiger charge is -2.34. The number of pyridine rings is 1. The van der Waals surface area contributed by atoms with Crippen molar-refractivity contribution in [3.8, 4) is 0 Å². The van der Waals surface area contributed by atoms with E-state index < -0.39 is 0 Å². The summed E-state index contributed by atoms with van der Waals surface area (Å²) >= 11 is 1.29. The first-order valence-corrected chi connectivity index (χ1v) is 11.2. The number of rotatable bonds is 6. The largest absolute Gasteiger partial charge is 0.459 e. The van der Waals surface area contributed by atoms with Crippen LogP contribution in [0.1, 0.15) is 21.9 Å². The number of fused-ring (bicyclic) bond motifs is 1. The minimum atomic E-state index is -0.357. The highest BCUT2D eigenvalue weighted by molar-refractivity contribution is 7.14. The van der Waals surface area contributed by atoms with Crippen molar-refractivity contribution < 1.29 is 14.0 Å². The van der Waals surface area contributed by atoms with Crippen LogP contribution in [0.25, 0.3) is 5.65 Å². The number of nitrogens with zero attached hydrogens (tertiary/aromatic N) is 5. The maximum atomic E-state index is 12.7. The Hall–Kier alpha value is -3.50. The van der Waals surface area contributed by atoms with Crippen molar-refractivity contribution in [1.82, 2.24) is 24.2 Å². The number of anilines is 1. The summed E-state index contributed by atoms with van der Waals surface area (Å²) < 4.78 is 7.10. The quantitative estimate of drug-likeness (QED) is 0.485. The van der Waals surface area contributed by atoms with Crippen LogP contribution >= 0.6 is 11.3 Å². The lowest BCUT2D eigenvalue weighted by atomic mass is 10.2. The van der Waals surface area contributed by atoms with Gasteiger partial charge < -0.3 is 13.7 Å². The SMILES string of the molecule is O=C(Nc1nc(CC(=O)N2CCN(Cc3cn4ccccc4n3)CC2)cs1)c1ccco1. The van der Waals surface area contributed by atoms with Gasteiger partial charge >= 0.3 is 0 Å². The van der Waals surface area contributed by atoms with E-state index in [4.69, 9.17) is 4.42 Å². The Labute approximate surface area is 188 Å².